The molecule has 3 fully saturated rings. The third-order valence-electron chi connectivity index (χ3n) is 10.2. The third kappa shape index (κ3) is 10.8. The Morgan fingerprint density at radius 1 is 0.569 bits per heavy atom. The summed E-state index contributed by atoms with van der Waals surface area (Å²) in [6.07, 6.45) is 2.83. The first-order valence-corrected chi connectivity index (χ1v) is 19.5. The molecule has 0 unspecified atom stereocenters. The van der Waals surface area contributed by atoms with E-state index in [2.05, 4.69) is 11.8 Å². The highest BCUT2D eigenvalue weighted by atomic mass is 16.8. The molecule has 11 heteroatoms. The summed E-state index contributed by atoms with van der Waals surface area (Å²) in [5, 5.41) is 0. The molecule has 0 spiro atoms. The lowest BCUT2D eigenvalue weighted by Gasteiger charge is -2.51. The van der Waals surface area contributed by atoms with Gasteiger partial charge in [-0.05, 0) is 16.7 Å². The minimum Gasteiger partial charge on any atom is -0.374 e. The van der Waals surface area contributed by atoms with E-state index in [0.717, 1.165) is 22.3 Å². The van der Waals surface area contributed by atoms with E-state index in [0.29, 0.717) is 6.61 Å². The van der Waals surface area contributed by atoms with Crippen LogP contribution in [0.2, 0.25) is 0 Å². The molecule has 0 aromatic heterocycles. The fourth-order valence-electron chi connectivity index (χ4n) is 7.38. The molecule has 0 saturated carbocycles. The van der Waals surface area contributed by atoms with Crippen LogP contribution in [-0.4, -0.2) is 94.9 Å². The summed E-state index contributed by atoms with van der Waals surface area (Å²) >= 11 is 0. The summed E-state index contributed by atoms with van der Waals surface area (Å²) in [5.41, 5.74) is 3.78. The second-order valence-corrected chi connectivity index (χ2v) is 14.1. The number of hydrogen-bond acceptors (Lipinski definition) is 11. The Labute approximate surface area is 340 Å². The molecule has 0 radical (unpaired) electrons. The van der Waals surface area contributed by atoms with Crippen LogP contribution in [0.15, 0.2) is 121 Å². The van der Waals surface area contributed by atoms with E-state index in [9.17, 15) is 0 Å². The van der Waals surface area contributed by atoms with E-state index >= 15 is 0 Å². The van der Waals surface area contributed by atoms with Crippen LogP contribution in [0.5, 0.6) is 0 Å². The minimum atomic E-state index is -1.08. The molecule has 3 heterocycles. The van der Waals surface area contributed by atoms with Crippen LogP contribution < -0.4 is 0 Å². The maximum atomic E-state index is 7.08. The van der Waals surface area contributed by atoms with Crippen LogP contribution in [0.25, 0.3) is 0 Å². The number of terminal acetylenes is 2. The van der Waals surface area contributed by atoms with Gasteiger partial charge in [-0.2, -0.15) is 0 Å². The molecule has 4 aromatic rings. The zero-order chi connectivity index (χ0) is 39.9. The quantitative estimate of drug-likeness (QED) is 0.111. The van der Waals surface area contributed by atoms with Crippen molar-refractivity contribution < 1.29 is 52.1 Å². The first kappa shape index (κ1) is 41.7. The second-order valence-electron chi connectivity index (χ2n) is 14.1. The Morgan fingerprint density at radius 3 is 1.69 bits per heavy atom. The Bertz CT molecular complexity index is 1870. The van der Waals surface area contributed by atoms with Gasteiger partial charge in [-0.15, -0.1) is 12.8 Å². The lowest BCUT2D eigenvalue weighted by Crippen LogP contribution is -2.67. The molecule has 11 nitrogen and oxygen atoms in total. The van der Waals surface area contributed by atoms with Gasteiger partial charge >= 0.3 is 0 Å². The van der Waals surface area contributed by atoms with Crippen LogP contribution in [0.4, 0.5) is 0 Å². The van der Waals surface area contributed by atoms with Crippen LogP contribution in [0, 0.1) is 24.7 Å². The highest BCUT2D eigenvalue weighted by Crippen LogP contribution is 2.39. The summed E-state index contributed by atoms with van der Waals surface area (Å²) in [6, 6.07) is 39.3. The number of fused-ring (bicyclic) bond motifs is 1. The fraction of sp³-hybridized carbons (Fsp3) is 0.404. The van der Waals surface area contributed by atoms with Crippen molar-refractivity contribution in [2.45, 2.75) is 87.5 Å². The van der Waals surface area contributed by atoms with E-state index in [-0.39, 0.29) is 39.6 Å². The summed E-state index contributed by atoms with van der Waals surface area (Å²) in [6.45, 7) is 1.06. The molecule has 11 atom stereocenters. The molecule has 0 N–H and O–H groups in total. The minimum absolute atomic E-state index is 0.0209. The van der Waals surface area contributed by atoms with Gasteiger partial charge in [0.1, 0.15) is 62.0 Å². The first-order chi connectivity index (χ1) is 28.6. The molecule has 7 rings (SSSR count). The van der Waals surface area contributed by atoms with Crippen molar-refractivity contribution in [1.29, 1.82) is 0 Å². The Hall–Kier alpha value is -4.44. The molecule has 304 valence electrons. The number of benzene rings is 4. The van der Waals surface area contributed by atoms with E-state index < -0.39 is 67.7 Å². The average molecular weight is 791 g/mol. The predicted octanol–water partition coefficient (Wildman–Crippen LogP) is 6.01. The van der Waals surface area contributed by atoms with Crippen molar-refractivity contribution in [2.75, 3.05) is 33.5 Å². The Morgan fingerprint density at radius 2 is 1.10 bits per heavy atom. The van der Waals surface area contributed by atoms with E-state index in [4.69, 9.17) is 65.0 Å². The van der Waals surface area contributed by atoms with Gasteiger partial charge in [0.05, 0.1) is 33.0 Å². The van der Waals surface area contributed by atoms with Gasteiger partial charge in [-0.1, -0.05) is 133 Å². The highest BCUT2D eigenvalue weighted by Gasteiger charge is 2.55. The zero-order valence-corrected chi connectivity index (χ0v) is 32.5. The number of rotatable bonds is 18. The molecule has 3 aliphatic heterocycles. The van der Waals surface area contributed by atoms with E-state index in [1.807, 2.05) is 121 Å². The first-order valence-electron chi connectivity index (χ1n) is 19.5. The topological polar surface area (TPSA) is 102 Å². The van der Waals surface area contributed by atoms with Crippen LogP contribution in [0.1, 0.15) is 28.5 Å². The molecule has 0 amide bonds. The smallest absolute Gasteiger partial charge is 0.187 e. The van der Waals surface area contributed by atoms with Gasteiger partial charge in [0.15, 0.2) is 18.9 Å². The lowest BCUT2D eigenvalue weighted by molar-refractivity contribution is -0.394. The average Bonchev–Trinajstić information content (AvgIpc) is 3.28. The SMILES string of the molecule is C#CCO[C@@H]1[C@H](OCC#C)[C@H](O[C@H]2[C@H](OCc3ccccc3)[C@@H](OCc3ccccc3)[C@@H](OC)O[C@@H]2COCc2ccccc2)O[C@@H]2CO[C@@H](c3ccccc3)O[C@@H]12. The number of ether oxygens (including phenoxy) is 11. The monoisotopic (exact) mass is 790 g/mol. The van der Waals surface area contributed by atoms with Gasteiger partial charge in [0.2, 0.25) is 0 Å². The molecule has 0 aliphatic carbocycles. The van der Waals surface area contributed by atoms with Crippen molar-refractivity contribution in [3.63, 3.8) is 0 Å². The van der Waals surface area contributed by atoms with Gasteiger partial charge in [-0.3, -0.25) is 0 Å². The zero-order valence-electron chi connectivity index (χ0n) is 32.5. The largest absolute Gasteiger partial charge is 0.374 e. The summed E-state index contributed by atoms with van der Waals surface area (Å²) in [5.74, 6) is 5.15. The van der Waals surface area contributed by atoms with Crippen molar-refractivity contribution in [2.24, 2.45) is 0 Å². The lowest BCUT2D eigenvalue weighted by atomic mass is 9.95. The van der Waals surface area contributed by atoms with Crippen molar-refractivity contribution in [1.82, 2.24) is 0 Å². The van der Waals surface area contributed by atoms with Crippen molar-refractivity contribution in [3.05, 3.63) is 144 Å². The summed E-state index contributed by atoms with van der Waals surface area (Å²) < 4.78 is 71.6. The summed E-state index contributed by atoms with van der Waals surface area (Å²) in [7, 11) is 1.58. The van der Waals surface area contributed by atoms with E-state index in [1.165, 1.54) is 0 Å². The fourth-order valence-corrected chi connectivity index (χ4v) is 7.38. The van der Waals surface area contributed by atoms with Crippen molar-refractivity contribution in [3.8, 4) is 24.7 Å². The summed E-state index contributed by atoms with van der Waals surface area (Å²) in [4.78, 5) is 0. The number of methoxy groups -OCH3 is 1. The maximum Gasteiger partial charge on any atom is 0.187 e. The van der Waals surface area contributed by atoms with Gasteiger partial charge in [0.25, 0.3) is 0 Å². The third-order valence-corrected chi connectivity index (χ3v) is 10.2. The van der Waals surface area contributed by atoms with Crippen LogP contribution in [0.3, 0.4) is 0 Å². The van der Waals surface area contributed by atoms with Crippen LogP contribution in [-0.2, 0) is 71.9 Å². The van der Waals surface area contributed by atoms with Crippen LogP contribution >= 0.6 is 0 Å². The van der Waals surface area contributed by atoms with Gasteiger partial charge < -0.3 is 52.1 Å². The molecular formula is C47H50O11. The molecule has 3 aliphatic rings. The predicted molar refractivity (Wildman–Crippen MR) is 212 cm³/mol. The standard InChI is InChI=1S/C47H50O11/c1-4-26-50-41-40-38(32-54-45(57-40)36-24-16-9-17-25-36)56-47(44(41)51-27-5-2)58-39-37(31-49-28-33-18-10-6-11-19-33)55-46(48-3)43(53-30-35-22-14-8-15-23-35)42(39)52-29-34-20-12-7-13-21-34/h1-2,6-25,37-47H,26-32H2,3H3/t37-,38-,39-,40-,41+,42+,43-,44+,45-,46+,47+/m1/s1. The molecule has 58 heavy (non-hydrogen) atoms. The normalized spacial score (nSPS) is 29.5. The van der Waals surface area contributed by atoms with E-state index in [1.54, 1.807) is 7.11 Å². The van der Waals surface area contributed by atoms with Gasteiger partial charge in [0, 0.05) is 12.7 Å². The molecule has 0 bridgehead atoms. The Balaban J connectivity index is 1.22. The Kier molecular flexibility index (Phi) is 15.5. The van der Waals surface area contributed by atoms with Gasteiger partial charge in [-0.25, -0.2) is 0 Å². The second kappa shape index (κ2) is 21.5. The number of hydrogen-bond donors (Lipinski definition) is 0. The molecule has 3 saturated heterocycles. The van der Waals surface area contributed by atoms with Crippen molar-refractivity contribution >= 4 is 0 Å². The maximum absolute atomic E-state index is 7.08. The molecule has 4 aromatic carbocycles. The molecular weight excluding hydrogens is 741 g/mol. The highest BCUT2D eigenvalue weighted by molar-refractivity contribution is 5.18.